The summed E-state index contributed by atoms with van der Waals surface area (Å²) >= 11 is 0. The van der Waals surface area contributed by atoms with Crippen LogP contribution in [0.3, 0.4) is 0 Å². The van der Waals surface area contributed by atoms with Crippen LogP contribution in [0.4, 0.5) is 17.3 Å². The Labute approximate surface area is 122 Å². The molecule has 1 fully saturated rings. The van der Waals surface area contributed by atoms with Gasteiger partial charge >= 0.3 is 6.01 Å². The van der Waals surface area contributed by atoms with Crippen molar-refractivity contribution in [1.29, 1.82) is 0 Å². The number of aliphatic hydroxyl groups is 1. The quantitative estimate of drug-likeness (QED) is 0.676. The van der Waals surface area contributed by atoms with Crippen LogP contribution in [0.5, 0.6) is 6.01 Å². The second kappa shape index (κ2) is 5.36. The van der Waals surface area contributed by atoms with E-state index in [1.54, 1.807) is 4.90 Å². The molecule has 8 heteroatoms. The number of nitrogens with one attached hydrogen (secondary N) is 1. The van der Waals surface area contributed by atoms with Crippen LogP contribution < -0.4 is 20.7 Å². The molecule has 0 unspecified atom stereocenters. The van der Waals surface area contributed by atoms with E-state index in [1.165, 1.54) is 0 Å². The Kier molecular flexibility index (Phi) is 3.54. The number of ether oxygens (including phenoxy) is 1. The number of carbonyl (C=O) groups excluding carboxylic acids is 1. The molecule has 1 aromatic rings. The largest absolute Gasteiger partial charge is 0.463 e. The van der Waals surface area contributed by atoms with Crippen LogP contribution in [0.1, 0.15) is 26.2 Å². The lowest BCUT2D eigenvalue weighted by molar-refractivity contribution is -0.117. The number of unbranched alkanes of at least 4 members (excludes halogenated alkanes) is 1. The summed E-state index contributed by atoms with van der Waals surface area (Å²) in [5, 5.41) is 12.5. The zero-order chi connectivity index (χ0) is 15.0. The van der Waals surface area contributed by atoms with Crippen molar-refractivity contribution in [2.75, 3.05) is 29.1 Å². The number of hydrogen-bond acceptors (Lipinski definition) is 7. The maximum absolute atomic E-state index is 12.0. The average molecular weight is 293 g/mol. The van der Waals surface area contributed by atoms with Crippen LogP contribution in [0.15, 0.2) is 0 Å². The fraction of sp³-hybridized carbons (Fsp3) is 0.615. The van der Waals surface area contributed by atoms with Crippen molar-refractivity contribution < 1.29 is 14.6 Å². The molecule has 8 nitrogen and oxygen atoms in total. The molecule has 0 radical (unpaired) electrons. The van der Waals surface area contributed by atoms with E-state index in [0.29, 0.717) is 31.1 Å². The Bertz CT molecular complexity index is 565. The van der Waals surface area contributed by atoms with Gasteiger partial charge < -0.3 is 25.8 Å². The predicted molar refractivity (Wildman–Crippen MR) is 77.2 cm³/mol. The average Bonchev–Trinajstić information content (AvgIpc) is 2.83. The van der Waals surface area contributed by atoms with E-state index in [0.717, 1.165) is 12.8 Å². The lowest BCUT2D eigenvalue weighted by Gasteiger charge is -2.31. The highest BCUT2D eigenvalue weighted by Gasteiger charge is 2.42. The minimum atomic E-state index is -0.549. The van der Waals surface area contributed by atoms with Gasteiger partial charge in [0.15, 0.2) is 11.6 Å². The highest BCUT2D eigenvalue weighted by Crippen LogP contribution is 2.38. The number of aromatic nitrogens is 2. The van der Waals surface area contributed by atoms with Crippen LogP contribution in [0, 0.1) is 0 Å². The summed E-state index contributed by atoms with van der Waals surface area (Å²) in [4.78, 5) is 22.2. The third-order valence-corrected chi connectivity index (χ3v) is 3.73. The van der Waals surface area contributed by atoms with E-state index in [1.807, 2.05) is 0 Å². The molecule has 0 spiro atoms. The van der Waals surface area contributed by atoms with Gasteiger partial charge in [-0.1, -0.05) is 13.3 Å². The summed E-state index contributed by atoms with van der Waals surface area (Å²) in [7, 11) is 0. The molecule has 3 heterocycles. The molecule has 0 aromatic carbocycles. The van der Waals surface area contributed by atoms with Crippen LogP contribution in [-0.4, -0.2) is 46.3 Å². The first-order valence-corrected chi connectivity index (χ1v) is 7.16. The number of rotatable bonds is 4. The highest BCUT2D eigenvalue weighted by molar-refractivity contribution is 6.05. The number of hydrogen-bond donors (Lipinski definition) is 3. The number of fused-ring (bicyclic) bond motifs is 3. The standard InChI is InChI=1S/C13H19N5O3/c1-2-3-4-21-13-16-10(14)9-11(17-13)18-6-7(19)5-8(18)12(20)15-9/h7-8,19H,2-6H2,1H3,(H,15,20)(H2,14,16,17)/t7-,8+/m1/s1. The number of nitrogens with two attached hydrogens (primary N) is 1. The van der Waals surface area contributed by atoms with Crippen molar-refractivity contribution in [3.8, 4) is 6.01 Å². The van der Waals surface area contributed by atoms with Crippen LogP contribution >= 0.6 is 0 Å². The second-order valence-electron chi connectivity index (χ2n) is 5.34. The molecule has 0 aliphatic carbocycles. The van der Waals surface area contributed by atoms with E-state index in [4.69, 9.17) is 10.5 Å². The summed E-state index contributed by atoms with van der Waals surface area (Å²) in [6, 6.07) is -0.207. The fourth-order valence-corrected chi connectivity index (χ4v) is 2.65. The molecule has 0 saturated carbocycles. The topological polar surface area (TPSA) is 114 Å². The zero-order valence-electron chi connectivity index (χ0n) is 11.9. The number of anilines is 3. The van der Waals surface area contributed by atoms with Crippen molar-refractivity contribution in [1.82, 2.24) is 9.97 Å². The lowest BCUT2D eigenvalue weighted by atomic mass is 10.1. The molecule has 2 atom stereocenters. The lowest BCUT2D eigenvalue weighted by Crippen LogP contribution is -2.44. The maximum Gasteiger partial charge on any atom is 0.320 e. The van der Waals surface area contributed by atoms with Gasteiger partial charge in [0.2, 0.25) is 5.91 Å². The SMILES string of the molecule is CCCCOc1nc(N)c2c(n1)N1C[C@H](O)C[C@H]1C(=O)N2. The van der Waals surface area contributed by atoms with Gasteiger partial charge in [-0.3, -0.25) is 4.79 Å². The summed E-state index contributed by atoms with van der Waals surface area (Å²) in [6.07, 6.45) is 1.76. The van der Waals surface area contributed by atoms with Crippen molar-refractivity contribution in [3.05, 3.63) is 0 Å². The highest BCUT2D eigenvalue weighted by atomic mass is 16.5. The summed E-state index contributed by atoms with van der Waals surface area (Å²) in [6.45, 7) is 2.94. The molecule has 2 aliphatic heterocycles. The molecule has 1 aromatic heterocycles. The van der Waals surface area contributed by atoms with E-state index in [-0.39, 0.29) is 17.7 Å². The second-order valence-corrected chi connectivity index (χ2v) is 5.34. The van der Waals surface area contributed by atoms with Gasteiger partial charge in [0.05, 0.1) is 12.7 Å². The number of nitrogens with zero attached hydrogens (tertiary/aromatic N) is 3. The van der Waals surface area contributed by atoms with Crippen molar-refractivity contribution in [2.45, 2.75) is 38.3 Å². The molecular weight excluding hydrogens is 274 g/mol. The minimum absolute atomic E-state index is 0.180. The van der Waals surface area contributed by atoms with Crippen LogP contribution in [0.2, 0.25) is 0 Å². The van der Waals surface area contributed by atoms with E-state index in [9.17, 15) is 9.90 Å². The normalized spacial score (nSPS) is 23.5. The third-order valence-electron chi connectivity index (χ3n) is 3.73. The first kappa shape index (κ1) is 13.9. The van der Waals surface area contributed by atoms with E-state index >= 15 is 0 Å². The van der Waals surface area contributed by atoms with Crippen molar-refractivity contribution in [2.24, 2.45) is 0 Å². The molecule has 114 valence electrons. The van der Waals surface area contributed by atoms with Crippen LogP contribution in [-0.2, 0) is 4.79 Å². The smallest absolute Gasteiger partial charge is 0.320 e. The molecule has 1 amide bonds. The monoisotopic (exact) mass is 293 g/mol. The number of amides is 1. The fourth-order valence-electron chi connectivity index (χ4n) is 2.65. The van der Waals surface area contributed by atoms with Crippen molar-refractivity contribution in [3.63, 3.8) is 0 Å². The van der Waals surface area contributed by atoms with E-state index in [2.05, 4.69) is 22.2 Å². The Morgan fingerprint density at radius 1 is 1.52 bits per heavy atom. The van der Waals surface area contributed by atoms with Gasteiger partial charge in [0, 0.05) is 13.0 Å². The first-order chi connectivity index (χ1) is 10.1. The first-order valence-electron chi connectivity index (χ1n) is 7.16. The number of carbonyl (C=O) groups is 1. The molecule has 4 N–H and O–H groups in total. The Morgan fingerprint density at radius 3 is 3.10 bits per heavy atom. The van der Waals surface area contributed by atoms with E-state index < -0.39 is 12.1 Å². The van der Waals surface area contributed by atoms with Crippen LogP contribution in [0.25, 0.3) is 0 Å². The van der Waals surface area contributed by atoms with Crippen molar-refractivity contribution >= 4 is 23.2 Å². The Hall–Kier alpha value is -2.09. The molecule has 0 bridgehead atoms. The molecular formula is C13H19N5O3. The summed E-state index contributed by atoms with van der Waals surface area (Å²) in [5.41, 5.74) is 6.29. The zero-order valence-corrected chi connectivity index (χ0v) is 11.9. The summed E-state index contributed by atoms with van der Waals surface area (Å²) < 4.78 is 5.49. The Morgan fingerprint density at radius 2 is 2.33 bits per heavy atom. The van der Waals surface area contributed by atoms with Gasteiger partial charge in [-0.05, 0) is 6.42 Å². The molecule has 21 heavy (non-hydrogen) atoms. The number of nitrogen functional groups attached to an aromatic ring is 1. The van der Waals surface area contributed by atoms with Gasteiger partial charge in [0.1, 0.15) is 11.7 Å². The number of aliphatic hydroxyl groups excluding tert-OH is 1. The summed E-state index contributed by atoms with van der Waals surface area (Å²) in [5.74, 6) is 0.517. The molecule has 3 rings (SSSR count). The molecule has 2 aliphatic rings. The van der Waals surface area contributed by atoms with Gasteiger partial charge in [0.25, 0.3) is 0 Å². The predicted octanol–water partition coefficient (Wildman–Crippen LogP) is 0.129. The van der Waals surface area contributed by atoms with Gasteiger partial charge in [-0.15, -0.1) is 0 Å². The maximum atomic E-state index is 12.0. The third kappa shape index (κ3) is 2.46. The molecule has 1 saturated heterocycles. The minimum Gasteiger partial charge on any atom is -0.463 e. The van der Waals surface area contributed by atoms with Gasteiger partial charge in [-0.2, -0.15) is 9.97 Å². The Balaban J connectivity index is 1.92. The van der Waals surface area contributed by atoms with Gasteiger partial charge in [-0.25, -0.2) is 0 Å².